The van der Waals surface area contributed by atoms with Gasteiger partial charge in [0.2, 0.25) is 5.91 Å². The predicted octanol–water partition coefficient (Wildman–Crippen LogP) is 3.43. The predicted molar refractivity (Wildman–Crippen MR) is 109 cm³/mol. The highest BCUT2D eigenvalue weighted by Gasteiger charge is 2.37. The van der Waals surface area contributed by atoms with Crippen molar-refractivity contribution in [2.75, 3.05) is 18.5 Å². The second kappa shape index (κ2) is 10.0. The molecule has 8 heteroatoms. The monoisotopic (exact) mass is 417 g/mol. The minimum Gasteiger partial charge on any atom is -0.481 e. The molecule has 2 atom stereocenters. The number of hydrogen-bond donors (Lipinski definition) is 2. The Bertz CT molecular complexity index is 851. The van der Waals surface area contributed by atoms with Gasteiger partial charge in [-0.2, -0.15) is 0 Å². The summed E-state index contributed by atoms with van der Waals surface area (Å²) in [5.41, 5.74) is 2.33. The molecule has 1 aliphatic carbocycles. The molecule has 162 valence electrons. The molecule has 2 N–H and O–H groups in total. The zero-order valence-electron chi connectivity index (χ0n) is 17.6. The normalized spacial score (nSPS) is 18.5. The van der Waals surface area contributed by atoms with E-state index in [1.807, 2.05) is 13.8 Å². The lowest BCUT2D eigenvalue weighted by Crippen LogP contribution is -2.36. The third kappa shape index (κ3) is 5.46. The van der Waals surface area contributed by atoms with Crippen LogP contribution in [0.4, 0.5) is 5.69 Å². The summed E-state index contributed by atoms with van der Waals surface area (Å²) in [6.45, 7) is 7.36. The van der Waals surface area contributed by atoms with Crippen LogP contribution >= 0.6 is 0 Å². The lowest BCUT2D eigenvalue weighted by Gasteiger charge is -2.29. The Labute approximate surface area is 175 Å². The van der Waals surface area contributed by atoms with Crippen LogP contribution in [-0.4, -0.2) is 42.1 Å². The molecule has 0 radical (unpaired) electrons. The number of nitrogens with one attached hydrogen (secondary N) is 1. The molecule has 0 spiro atoms. The fraction of sp³-hybridized carbons (Fsp3) is 0.455. The number of carboxylic acids is 1. The summed E-state index contributed by atoms with van der Waals surface area (Å²) in [7, 11) is 0. The van der Waals surface area contributed by atoms with E-state index in [-0.39, 0.29) is 30.0 Å². The van der Waals surface area contributed by atoms with Crippen molar-refractivity contribution in [1.82, 2.24) is 0 Å². The Morgan fingerprint density at radius 3 is 1.80 bits per heavy atom. The van der Waals surface area contributed by atoms with Crippen molar-refractivity contribution >= 4 is 29.5 Å². The number of carbonyl (C=O) groups excluding carboxylic acids is 3. The number of aliphatic carboxylic acids is 1. The molecule has 1 aromatic carbocycles. The first-order chi connectivity index (χ1) is 14.2. The van der Waals surface area contributed by atoms with E-state index in [9.17, 15) is 24.3 Å². The van der Waals surface area contributed by atoms with Crippen molar-refractivity contribution < 1.29 is 33.8 Å². The van der Waals surface area contributed by atoms with Gasteiger partial charge in [0.15, 0.2) is 0 Å². The quantitative estimate of drug-likeness (QED) is 0.515. The van der Waals surface area contributed by atoms with Crippen molar-refractivity contribution in [3.05, 3.63) is 40.5 Å². The molecule has 8 nitrogen and oxygen atoms in total. The SMILES string of the molecule is CCOC(=O)c1cc(NC(=O)[C@@H]2CC(C)=C(C)C[C@H]2C(=O)O)cc(C(=O)OCC)c1. The van der Waals surface area contributed by atoms with Gasteiger partial charge in [0.25, 0.3) is 0 Å². The second-order valence-corrected chi connectivity index (χ2v) is 7.25. The summed E-state index contributed by atoms with van der Waals surface area (Å²) in [4.78, 5) is 48.9. The first-order valence-electron chi connectivity index (χ1n) is 9.86. The van der Waals surface area contributed by atoms with E-state index < -0.39 is 35.7 Å². The third-order valence-electron chi connectivity index (χ3n) is 5.14. The fourth-order valence-corrected chi connectivity index (χ4v) is 3.43. The summed E-state index contributed by atoms with van der Waals surface area (Å²) in [6.07, 6.45) is 0.632. The molecule has 30 heavy (non-hydrogen) atoms. The number of ether oxygens (including phenoxy) is 2. The second-order valence-electron chi connectivity index (χ2n) is 7.25. The van der Waals surface area contributed by atoms with E-state index in [0.29, 0.717) is 12.8 Å². The van der Waals surface area contributed by atoms with Gasteiger partial charge >= 0.3 is 17.9 Å². The van der Waals surface area contributed by atoms with E-state index in [0.717, 1.165) is 11.1 Å². The largest absolute Gasteiger partial charge is 0.481 e. The smallest absolute Gasteiger partial charge is 0.338 e. The van der Waals surface area contributed by atoms with Crippen molar-refractivity contribution in [2.24, 2.45) is 11.8 Å². The zero-order chi connectivity index (χ0) is 22.4. The zero-order valence-corrected chi connectivity index (χ0v) is 17.6. The van der Waals surface area contributed by atoms with Gasteiger partial charge in [0.05, 0.1) is 36.2 Å². The van der Waals surface area contributed by atoms with Crippen molar-refractivity contribution in [1.29, 1.82) is 0 Å². The number of carbonyl (C=O) groups is 4. The molecular weight excluding hydrogens is 390 g/mol. The number of anilines is 1. The summed E-state index contributed by atoms with van der Waals surface area (Å²) >= 11 is 0. The molecule has 0 bridgehead atoms. The van der Waals surface area contributed by atoms with E-state index in [1.54, 1.807) is 13.8 Å². The number of benzene rings is 1. The Kier molecular flexibility index (Phi) is 7.74. The highest BCUT2D eigenvalue weighted by atomic mass is 16.5. The standard InChI is InChI=1S/C22H27NO7/c1-5-29-21(27)14-9-15(22(28)30-6-2)11-16(10-14)23-19(24)17-7-12(3)13(4)8-18(17)20(25)26/h9-11,17-18H,5-8H2,1-4H3,(H,23,24)(H,25,26)/t17-,18-/m1/s1. The first kappa shape index (κ1) is 23.1. The Balaban J connectivity index is 2.35. The first-order valence-corrected chi connectivity index (χ1v) is 9.86. The van der Waals surface area contributed by atoms with Crippen LogP contribution in [0.3, 0.4) is 0 Å². The summed E-state index contributed by atoms with van der Waals surface area (Å²) in [5.74, 6) is -4.40. The molecule has 0 fully saturated rings. The van der Waals surface area contributed by atoms with E-state index >= 15 is 0 Å². The van der Waals surface area contributed by atoms with Gasteiger partial charge in [0, 0.05) is 5.69 Å². The van der Waals surface area contributed by atoms with Crippen LogP contribution in [0.1, 0.15) is 61.3 Å². The molecule has 1 aliphatic rings. The fourth-order valence-electron chi connectivity index (χ4n) is 3.43. The maximum Gasteiger partial charge on any atom is 0.338 e. The van der Waals surface area contributed by atoms with Crippen molar-refractivity contribution in [3.63, 3.8) is 0 Å². The van der Waals surface area contributed by atoms with Gasteiger partial charge < -0.3 is 19.9 Å². The van der Waals surface area contributed by atoms with Gasteiger partial charge in [-0.25, -0.2) is 9.59 Å². The highest BCUT2D eigenvalue weighted by Crippen LogP contribution is 2.35. The van der Waals surface area contributed by atoms with Gasteiger partial charge in [-0.3, -0.25) is 9.59 Å². The van der Waals surface area contributed by atoms with Crippen LogP contribution in [0.25, 0.3) is 0 Å². The van der Waals surface area contributed by atoms with Crippen LogP contribution in [0.2, 0.25) is 0 Å². The molecule has 0 saturated carbocycles. The van der Waals surface area contributed by atoms with Gasteiger partial charge in [-0.1, -0.05) is 11.1 Å². The number of carboxylic acid groups (broad SMARTS) is 1. The number of allylic oxidation sites excluding steroid dienone is 2. The van der Waals surface area contributed by atoms with E-state index in [1.165, 1.54) is 18.2 Å². The Morgan fingerprint density at radius 1 is 0.900 bits per heavy atom. The van der Waals surface area contributed by atoms with Crippen LogP contribution in [-0.2, 0) is 19.1 Å². The minimum atomic E-state index is -1.03. The third-order valence-corrected chi connectivity index (χ3v) is 5.14. The molecule has 2 rings (SSSR count). The van der Waals surface area contributed by atoms with Gasteiger partial charge in [-0.05, 0) is 58.7 Å². The summed E-state index contributed by atoms with van der Waals surface area (Å²) in [6, 6.07) is 4.12. The van der Waals surface area contributed by atoms with Gasteiger partial charge in [0.1, 0.15) is 0 Å². The molecule has 0 unspecified atom stereocenters. The van der Waals surface area contributed by atoms with Crippen LogP contribution in [0.15, 0.2) is 29.3 Å². The number of esters is 2. The summed E-state index contributed by atoms with van der Waals surface area (Å²) in [5, 5.41) is 12.2. The Hall–Kier alpha value is -3.16. The number of rotatable bonds is 7. The molecule has 0 saturated heterocycles. The van der Waals surface area contributed by atoms with Crippen molar-refractivity contribution in [2.45, 2.75) is 40.5 Å². The molecule has 0 heterocycles. The van der Waals surface area contributed by atoms with Crippen LogP contribution in [0.5, 0.6) is 0 Å². The average Bonchev–Trinajstić information content (AvgIpc) is 2.69. The number of amides is 1. The molecule has 1 aromatic rings. The maximum atomic E-state index is 12.9. The highest BCUT2D eigenvalue weighted by molar-refractivity contribution is 6.00. The van der Waals surface area contributed by atoms with Crippen molar-refractivity contribution in [3.8, 4) is 0 Å². The Morgan fingerprint density at radius 2 is 1.37 bits per heavy atom. The molecule has 1 amide bonds. The number of hydrogen-bond acceptors (Lipinski definition) is 6. The molecular formula is C22H27NO7. The van der Waals surface area contributed by atoms with Gasteiger partial charge in [-0.15, -0.1) is 0 Å². The molecule has 0 aromatic heterocycles. The molecule has 0 aliphatic heterocycles. The minimum absolute atomic E-state index is 0.0862. The topological polar surface area (TPSA) is 119 Å². The van der Waals surface area contributed by atoms with Crippen LogP contribution < -0.4 is 5.32 Å². The lowest BCUT2D eigenvalue weighted by molar-refractivity contribution is -0.146. The van der Waals surface area contributed by atoms with E-state index in [2.05, 4.69) is 5.32 Å². The van der Waals surface area contributed by atoms with Crippen LogP contribution in [0, 0.1) is 11.8 Å². The summed E-state index contributed by atoms with van der Waals surface area (Å²) < 4.78 is 9.97. The lowest BCUT2D eigenvalue weighted by atomic mass is 9.76. The average molecular weight is 417 g/mol. The van der Waals surface area contributed by atoms with E-state index in [4.69, 9.17) is 9.47 Å². The maximum absolute atomic E-state index is 12.9.